The lowest BCUT2D eigenvalue weighted by Gasteiger charge is -2.13. The molecule has 1 aromatic rings. The predicted octanol–water partition coefficient (Wildman–Crippen LogP) is 3.18. The molecule has 1 aromatic carbocycles. The number of thioether (sulfide) groups is 1. The number of rotatable bonds is 3. The SMILES string of the molecule is CC(C)C1CSC(=NCc2ccc(F)cc2F)N1. The zero-order valence-corrected chi connectivity index (χ0v) is 11.2. The summed E-state index contributed by atoms with van der Waals surface area (Å²) in [5, 5.41) is 4.15. The third-order valence-electron chi connectivity index (χ3n) is 2.92. The van der Waals surface area contributed by atoms with Crippen molar-refractivity contribution in [1.29, 1.82) is 0 Å². The number of hydrogen-bond donors (Lipinski definition) is 1. The average molecular weight is 270 g/mol. The first kappa shape index (κ1) is 13.3. The van der Waals surface area contributed by atoms with E-state index in [0.717, 1.165) is 17.0 Å². The molecule has 1 aliphatic heterocycles. The third kappa shape index (κ3) is 3.22. The van der Waals surface area contributed by atoms with Crippen molar-refractivity contribution in [2.75, 3.05) is 5.75 Å². The van der Waals surface area contributed by atoms with Crippen LogP contribution in [0.4, 0.5) is 8.78 Å². The summed E-state index contributed by atoms with van der Waals surface area (Å²) in [4.78, 5) is 4.32. The van der Waals surface area contributed by atoms with Gasteiger partial charge in [0.2, 0.25) is 0 Å². The highest BCUT2D eigenvalue weighted by molar-refractivity contribution is 8.14. The van der Waals surface area contributed by atoms with Crippen molar-refractivity contribution in [1.82, 2.24) is 5.32 Å². The fourth-order valence-electron chi connectivity index (χ4n) is 1.67. The van der Waals surface area contributed by atoms with Gasteiger partial charge in [-0.15, -0.1) is 0 Å². The molecule has 5 heteroatoms. The van der Waals surface area contributed by atoms with E-state index in [0.29, 0.717) is 17.5 Å². The molecular weight excluding hydrogens is 254 g/mol. The van der Waals surface area contributed by atoms with Gasteiger partial charge in [-0.05, 0) is 12.0 Å². The minimum Gasteiger partial charge on any atom is -0.361 e. The molecule has 0 aliphatic carbocycles. The Morgan fingerprint density at radius 3 is 2.83 bits per heavy atom. The van der Waals surface area contributed by atoms with Gasteiger partial charge >= 0.3 is 0 Å². The Morgan fingerprint density at radius 1 is 1.44 bits per heavy atom. The number of halogens is 2. The maximum absolute atomic E-state index is 13.4. The van der Waals surface area contributed by atoms with E-state index in [2.05, 4.69) is 24.2 Å². The monoisotopic (exact) mass is 270 g/mol. The van der Waals surface area contributed by atoms with Crippen molar-refractivity contribution in [3.63, 3.8) is 0 Å². The topological polar surface area (TPSA) is 24.4 Å². The van der Waals surface area contributed by atoms with Crippen molar-refractivity contribution in [3.8, 4) is 0 Å². The van der Waals surface area contributed by atoms with Crippen LogP contribution in [0.2, 0.25) is 0 Å². The molecule has 1 saturated heterocycles. The number of hydrogen-bond acceptors (Lipinski definition) is 2. The first-order chi connectivity index (χ1) is 8.56. The Labute approximate surface area is 110 Å². The van der Waals surface area contributed by atoms with E-state index in [1.807, 2.05) is 0 Å². The molecule has 1 atom stereocenters. The van der Waals surface area contributed by atoms with E-state index < -0.39 is 11.6 Å². The summed E-state index contributed by atoms with van der Waals surface area (Å²) in [7, 11) is 0. The van der Waals surface area contributed by atoms with Gasteiger partial charge < -0.3 is 5.32 Å². The molecule has 0 amide bonds. The molecule has 1 unspecified atom stereocenters. The van der Waals surface area contributed by atoms with E-state index in [4.69, 9.17) is 0 Å². The second kappa shape index (κ2) is 5.69. The Balaban J connectivity index is 1.99. The number of nitrogens with zero attached hydrogens (tertiary/aromatic N) is 1. The van der Waals surface area contributed by atoms with Crippen LogP contribution in [-0.2, 0) is 6.54 Å². The van der Waals surface area contributed by atoms with Gasteiger partial charge in [-0.2, -0.15) is 0 Å². The van der Waals surface area contributed by atoms with Crippen LogP contribution < -0.4 is 5.32 Å². The summed E-state index contributed by atoms with van der Waals surface area (Å²) in [5.41, 5.74) is 0.416. The van der Waals surface area contributed by atoms with Gasteiger partial charge in [0, 0.05) is 23.4 Å². The second-order valence-electron chi connectivity index (χ2n) is 4.66. The molecular formula is C13H16F2N2S. The maximum atomic E-state index is 13.4. The molecule has 0 saturated carbocycles. The van der Waals surface area contributed by atoms with Crippen LogP contribution in [0.5, 0.6) is 0 Å². The largest absolute Gasteiger partial charge is 0.361 e. The summed E-state index contributed by atoms with van der Waals surface area (Å²) in [6.07, 6.45) is 0. The summed E-state index contributed by atoms with van der Waals surface area (Å²) >= 11 is 1.65. The quantitative estimate of drug-likeness (QED) is 0.912. The van der Waals surface area contributed by atoms with Gasteiger partial charge in [-0.25, -0.2) is 8.78 Å². The molecule has 1 heterocycles. The van der Waals surface area contributed by atoms with Crippen molar-refractivity contribution in [3.05, 3.63) is 35.4 Å². The average Bonchev–Trinajstić information content (AvgIpc) is 2.76. The summed E-state index contributed by atoms with van der Waals surface area (Å²) in [6, 6.07) is 4.01. The Hall–Kier alpha value is -1.10. The lowest BCUT2D eigenvalue weighted by molar-refractivity contribution is 0.503. The zero-order valence-electron chi connectivity index (χ0n) is 10.4. The third-order valence-corrected chi connectivity index (χ3v) is 3.97. The Bertz CT molecular complexity index is 460. The van der Waals surface area contributed by atoms with Crippen LogP contribution in [0.25, 0.3) is 0 Å². The fraction of sp³-hybridized carbons (Fsp3) is 0.462. The van der Waals surface area contributed by atoms with Crippen LogP contribution in [0, 0.1) is 17.6 Å². The molecule has 1 aliphatic rings. The molecule has 2 rings (SSSR count). The Kier molecular flexibility index (Phi) is 4.22. The molecule has 0 bridgehead atoms. The molecule has 0 radical (unpaired) electrons. The molecule has 0 spiro atoms. The molecule has 98 valence electrons. The highest BCUT2D eigenvalue weighted by Crippen LogP contribution is 2.20. The summed E-state index contributed by atoms with van der Waals surface area (Å²) < 4.78 is 26.1. The number of nitrogens with one attached hydrogen (secondary N) is 1. The van der Waals surface area contributed by atoms with E-state index in [1.165, 1.54) is 12.1 Å². The van der Waals surface area contributed by atoms with Crippen molar-refractivity contribution in [2.24, 2.45) is 10.9 Å². The first-order valence-electron chi connectivity index (χ1n) is 5.94. The van der Waals surface area contributed by atoms with Crippen molar-refractivity contribution in [2.45, 2.75) is 26.4 Å². The van der Waals surface area contributed by atoms with Crippen LogP contribution in [0.15, 0.2) is 23.2 Å². The van der Waals surface area contributed by atoms with Crippen LogP contribution in [-0.4, -0.2) is 17.0 Å². The van der Waals surface area contributed by atoms with E-state index in [9.17, 15) is 8.78 Å². The van der Waals surface area contributed by atoms with Gasteiger partial charge in [0.05, 0.1) is 6.54 Å². The zero-order chi connectivity index (χ0) is 13.1. The standard InChI is InChI=1S/C13H16F2N2S/c1-8(2)12-7-18-13(17-12)16-6-9-3-4-10(14)5-11(9)15/h3-5,8,12H,6-7H2,1-2H3,(H,16,17). The number of amidine groups is 1. The van der Waals surface area contributed by atoms with Gasteiger partial charge in [-0.1, -0.05) is 31.7 Å². The highest BCUT2D eigenvalue weighted by atomic mass is 32.2. The van der Waals surface area contributed by atoms with Gasteiger partial charge in [0.15, 0.2) is 5.17 Å². The summed E-state index contributed by atoms with van der Waals surface area (Å²) in [5.74, 6) is 0.440. The molecule has 1 fully saturated rings. The van der Waals surface area contributed by atoms with Crippen LogP contribution in [0.3, 0.4) is 0 Å². The Morgan fingerprint density at radius 2 is 2.22 bits per heavy atom. The van der Waals surface area contributed by atoms with Crippen molar-refractivity contribution >= 4 is 16.9 Å². The molecule has 2 nitrogen and oxygen atoms in total. The second-order valence-corrected chi connectivity index (χ2v) is 5.67. The lowest BCUT2D eigenvalue weighted by Crippen LogP contribution is -2.31. The predicted molar refractivity (Wildman–Crippen MR) is 71.7 cm³/mol. The smallest absolute Gasteiger partial charge is 0.157 e. The van der Waals surface area contributed by atoms with Crippen LogP contribution in [0.1, 0.15) is 19.4 Å². The molecule has 18 heavy (non-hydrogen) atoms. The molecule has 0 aromatic heterocycles. The number of aliphatic imine (C=N–C) groups is 1. The number of benzene rings is 1. The normalized spacial score (nSPS) is 21.6. The lowest BCUT2D eigenvalue weighted by atomic mass is 10.1. The molecule has 1 N–H and O–H groups in total. The van der Waals surface area contributed by atoms with E-state index in [-0.39, 0.29) is 6.54 Å². The van der Waals surface area contributed by atoms with E-state index >= 15 is 0 Å². The van der Waals surface area contributed by atoms with Gasteiger partial charge in [-0.3, -0.25) is 4.99 Å². The van der Waals surface area contributed by atoms with Crippen molar-refractivity contribution < 1.29 is 8.78 Å². The van der Waals surface area contributed by atoms with Gasteiger partial charge in [0.25, 0.3) is 0 Å². The highest BCUT2D eigenvalue weighted by Gasteiger charge is 2.22. The first-order valence-corrected chi connectivity index (χ1v) is 6.92. The minimum absolute atomic E-state index is 0.242. The summed E-state index contributed by atoms with van der Waals surface area (Å²) in [6.45, 7) is 4.55. The minimum atomic E-state index is -0.558. The fourth-order valence-corrected chi connectivity index (χ4v) is 2.86. The van der Waals surface area contributed by atoms with Gasteiger partial charge in [0.1, 0.15) is 11.6 Å². The van der Waals surface area contributed by atoms with E-state index in [1.54, 1.807) is 11.8 Å². The van der Waals surface area contributed by atoms with Crippen LogP contribution >= 0.6 is 11.8 Å². The maximum Gasteiger partial charge on any atom is 0.157 e.